The summed E-state index contributed by atoms with van der Waals surface area (Å²) >= 11 is 0. The number of nitrogens with one attached hydrogen (secondary N) is 1. The summed E-state index contributed by atoms with van der Waals surface area (Å²) in [6.07, 6.45) is 2.46. The molecule has 134 valence electrons. The zero-order valence-corrected chi connectivity index (χ0v) is 14.8. The van der Waals surface area contributed by atoms with E-state index in [2.05, 4.69) is 34.7 Å². The average molecular weight is 344 g/mol. The summed E-state index contributed by atoms with van der Waals surface area (Å²) in [6, 6.07) is 5.72. The van der Waals surface area contributed by atoms with Crippen LogP contribution in [0.15, 0.2) is 24.5 Å². The molecule has 0 spiro atoms. The Hall–Kier alpha value is -2.48. The van der Waals surface area contributed by atoms with Gasteiger partial charge in [0, 0.05) is 12.2 Å². The van der Waals surface area contributed by atoms with Crippen LogP contribution >= 0.6 is 0 Å². The van der Waals surface area contributed by atoms with Crippen molar-refractivity contribution in [3.05, 3.63) is 30.1 Å². The number of ether oxygens (including phenoxy) is 1. The largest absolute Gasteiger partial charge is 0.377 e. The Bertz CT molecular complexity index is 716. The lowest BCUT2D eigenvalue weighted by atomic mass is 10.0. The molecule has 1 aliphatic heterocycles. The molecule has 25 heavy (non-hydrogen) atoms. The highest BCUT2D eigenvalue weighted by molar-refractivity contribution is 5.90. The molecule has 0 aliphatic carbocycles. The number of urea groups is 1. The van der Waals surface area contributed by atoms with Crippen LogP contribution in [0.2, 0.25) is 0 Å². The Morgan fingerprint density at radius 2 is 2.28 bits per heavy atom. The molecule has 0 saturated carbocycles. The van der Waals surface area contributed by atoms with Crippen LogP contribution in [-0.2, 0) is 4.74 Å². The third-order valence-electron chi connectivity index (χ3n) is 4.29. The van der Waals surface area contributed by atoms with Gasteiger partial charge in [0.25, 0.3) is 0 Å². The summed E-state index contributed by atoms with van der Waals surface area (Å²) < 4.78 is 7.13. The Morgan fingerprint density at radius 1 is 1.44 bits per heavy atom. The predicted octanol–water partition coefficient (Wildman–Crippen LogP) is 2.25. The number of benzene rings is 1. The van der Waals surface area contributed by atoms with E-state index in [-0.39, 0.29) is 12.1 Å². The van der Waals surface area contributed by atoms with Crippen LogP contribution in [0.5, 0.6) is 0 Å². The number of tetrazole rings is 1. The van der Waals surface area contributed by atoms with Gasteiger partial charge in [-0.05, 0) is 47.4 Å². The first-order valence-electron chi connectivity index (χ1n) is 8.54. The lowest BCUT2D eigenvalue weighted by Crippen LogP contribution is -2.50. The van der Waals surface area contributed by atoms with Crippen molar-refractivity contribution >= 4 is 11.7 Å². The molecule has 1 N–H and O–H groups in total. The second-order valence-corrected chi connectivity index (χ2v) is 6.74. The van der Waals surface area contributed by atoms with Crippen LogP contribution in [0, 0.1) is 12.8 Å². The topological polar surface area (TPSA) is 85.2 Å². The fourth-order valence-electron chi connectivity index (χ4n) is 3.06. The minimum Gasteiger partial charge on any atom is -0.377 e. The predicted molar refractivity (Wildman–Crippen MR) is 93.7 cm³/mol. The Kier molecular flexibility index (Phi) is 5.28. The van der Waals surface area contributed by atoms with E-state index in [1.54, 1.807) is 4.68 Å². The third kappa shape index (κ3) is 4.14. The number of morpholine rings is 1. The van der Waals surface area contributed by atoms with E-state index in [4.69, 9.17) is 4.74 Å². The number of carbonyl (C=O) groups excluding carboxylic acids is 1. The monoisotopic (exact) mass is 344 g/mol. The number of nitrogens with zero attached hydrogens (tertiary/aromatic N) is 5. The minimum atomic E-state index is -0.0968. The molecule has 1 fully saturated rings. The number of anilines is 1. The lowest BCUT2D eigenvalue weighted by Gasteiger charge is -2.36. The van der Waals surface area contributed by atoms with Crippen molar-refractivity contribution < 1.29 is 9.53 Å². The summed E-state index contributed by atoms with van der Waals surface area (Å²) in [4.78, 5) is 14.6. The van der Waals surface area contributed by atoms with Gasteiger partial charge in [0.2, 0.25) is 0 Å². The number of hydrogen-bond donors (Lipinski definition) is 1. The third-order valence-corrected chi connectivity index (χ3v) is 4.29. The highest BCUT2D eigenvalue weighted by Crippen LogP contribution is 2.21. The van der Waals surface area contributed by atoms with Crippen molar-refractivity contribution in [2.45, 2.75) is 33.2 Å². The molecule has 8 nitrogen and oxygen atoms in total. The van der Waals surface area contributed by atoms with Crippen LogP contribution < -0.4 is 5.32 Å². The highest BCUT2D eigenvalue weighted by Gasteiger charge is 2.28. The molecule has 2 heterocycles. The maximum atomic E-state index is 12.8. The van der Waals surface area contributed by atoms with Crippen molar-refractivity contribution in [3.8, 4) is 5.69 Å². The molecule has 8 heteroatoms. The van der Waals surface area contributed by atoms with E-state index >= 15 is 0 Å². The summed E-state index contributed by atoms with van der Waals surface area (Å²) in [5.74, 6) is 0.507. The minimum absolute atomic E-state index is 0.0968. The SMILES string of the molecule is Cc1ccc(NC(=O)N2CCOCC2CC(C)C)cc1-n1cnnn1. The van der Waals surface area contributed by atoms with E-state index in [9.17, 15) is 4.79 Å². The van der Waals surface area contributed by atoms with Gasteiger partial charge in [-0.25, -0.2) is 9.48 Å². The summed E-state index contributed by atoms with van der Waals surface area (Å²) in [5, 5.41) is 14.2. The molecule has 2 amide bonds. The molecule has 2 aromatic rings. The van der Waals surface area contributed by atoms with Gasteiger partial charge >= 0.3 is 6.03 Å². The van der Waals surface area contributed by atoms with Gasteiger partial charge in [0.15, 0.2) is 0 Å². The van der Waals surface area contributed by atoms with E-state index in [0.717, 1.165) is 23.4 Å². The van der Waals surface area contributed by atoms with Gasteiger partial charge in [0.05, 0.1) is 24.9 Å². The number of amides is 2. The number of rotatable bonds is 4. The molecular formula is C17H24N6O2. The maximum Gasteiger partial charge on any atom is 0.322 e. The number of aromatic nitrogens is 4. The van der Waals surface area contributed by atoms with Crippen LogP contribution in [0.25, 0.3) is 5.69 Å². The standard InChI is InChI=1S/C17H24N6O2/c1-12(2)8-15-10-25-7-6-22(15)17(24)19-14-5-4-13(3)16(9-14)23-11-18-20-21-23/h4-5,9,11-12,15H,6-8,10H2,1-3H3,(H,19,24). The van der Waals surface area contributed by atoms with Crippen LogP contribution in [0.4, 0.5) is 10.5 Å². The molecule has 1 saturated heterocycles. The molecule has 0 radical (unpaired) electrons. The normalized spacial score (nSPS) is 17.8. The van der Waals surface area contributed by atoms with E-state index in [0.29, 0.717) is 25.7 Å². The van der Waals surface area contributed by atoms with Crippen molar-refractivity contribution in [2.24, 2.45) is 5.92 Å². The fourth-order valence-corrected chi connectivity index (χ4v) is 3.06. The number of aryl methyl sites for hydroxylation is 1. The average Bonchev–Trinajstić information content (AvgIpc) is 3.11. The second-order valence-electron chi connectivity index (χ2n) is 6.74. The summed E-state index contributed by atoms with van der Waals surface area (Å²) in [6.45, 7) is 8.06. The van der Waals surface area contributed by atoms with Crippen molar-refractivity contribution in [1.29, 1.82) is 0 Å². The first kappa shape index (κ1) is 17.3. The lowest BCUT2D eigenvalue weighted by molar-refractivity contribution is 0.00857. The van der Waals surface area contributed by atoms with Gasteiger partial charge in [-0.1, -0.05) is 19.9 Å². The molecule has 1 atom stereocenters. The second kappa shape index (κ2) is 7.60. The molecule has 1 unspecified atom stereocenters. The Labute approximate surface area is 147 Å². The molecular weight excluding hydrogens is 320 g/mol. The number of carbonyl (C=O) groups is 1. The zero-order valence-electron chi connectivity index (χ0n) is 14.8. The fraction of sp³-hybridized carbons (Fsp3) is 0.529. The Balaban J connectivity index is 1.75. The van der Waals surface area contributed by atoms with Gasteiger partial charge in [-0.3, -0.25) is 0 Å². The smallest absolute Gasteiger partial charge is 0.322 e. The van der Waals surface area contributed by atoms with Crippen molar-refractivity contribution in [3.63, 3.8) is 0 Å². The molecule has 1 aromatic heterocycles. The molecule has 0 bridgehead atoms. The quantitative estimate of drug-likeness (QED) is 0.919. The van der Waals surface area contributed by atoms with Gasteiger partial charge in [0.1, 0.15) is 6.33 Å². The first-order valence-corrected chi connectivity index (χ1v) is 8.54. The summed E-state index contributed by atoms with van der Waals surface area (Å²) in [7, 11) is 0. The first-order chi connectivity index (χ1) is 12.0. The van der Waals surface area contributed by atoms with Gasteiger partial charge < -0.3 is 15.0 Å². The van der Waals surface area contributed by atoms with Crippen molar-refractivity contribution in [2.75, 3.05) is 25.1 Å². The van der Waals surface area contributed by atoms with Gasteiger partial charge in [-0.2, -0.15) is 0 Å². The zero-order chi connectivity index (χ0) is 17.8. The van der Waals surface area contributed by atoms with Crippen LogP contribution in [-0.4, -0.2) is 56.9 Å². The van der Waals surface area contributed by atoms with Crippen LogP contribution in [0.3, 0.4) is 0 Å². The van der Waals surface area contributed by atoms with E-state index < -0.39 is 0 Å². The van der Waals surface area contributed by atoms with E-state index in [1.165, 1.54) is 6.33 Å². The van der Waals surface area contributed by atoms with Gasteiger partial charge in [-0.15, -0.1) is 5.10 Å². The summed E-state index contributed by atoms with van der Waals surface area (Å²) in [5.41, 5.74) is 2.58. The van der Waals surface area contributed by atoms with Crippen molar-refractivity contribution in [1.82, 2.24) is 25.1 Å². The Morgan fingerprint density at radius 3 is 3.00 bits per heavy atom. The molecule has 3 rings (SSSR count). The maximum absolute atomic E-state index is 12.8. The number of hydrogen-bond acceptors (Lipinski definition) is 5. The molecule has 1 aliphatic rings. The van der Waals surface area contributed by atoms with E-state index in [1.807, 2.05) is 30.0 Å². The molecule has 1 aromatic carbocycles. The highest BCUT2D eigenvalue weighted by atomic mass is 16.5. The van der Waals surface area contributed by atoms with Crippen LogP contribution in [0.1, 0.15) is 25.8 Å².